The molecule has 0 fully saturated rings. The second-order valence-corrected chi connectivity index (χ2v) is 7.07. The number of rotatable bonds is 5. The molecule has 9 heteroatoms. The summed E-state index contributed by atoms with van der Waals surface area (Å²) in [4.78, 5) is 0. The first-order chi connectivity index (χ1) is 13.1. The highest BCUT2D eigenvalue weighted by molar-refractivity contribution is 7.98. The van der Waals surface area contributed by atoms with Crippen LogP contribution in [-0.4, -0.2) is 25.0 Å². The average Bonchev–Trinajstić information content (AvgIpc) is 3.30. The first-order valence-corrected chi connectivity index (χ1v) is 9.32. The molecule has 27 heavy (non-hydrogen) atoms. The molecular weight excluding hydrogens is 389 g/mol. The number of hydrogen-bond acceptors (Lipinski definition) is 6. The van der Waals surface area contributed by atoms with Crippen LogP contribution in [0.3, 0.4) is 0 Å². The summed E-state index contributed by atoms with van der Waals surface area (Å²) in [5, 5.41) is 16.9. The topological polar surface area (TPSA) is 69.6 Å². The van der Waals surface area contributed by atoms with Crippen molar-refractivity contribution < 1.29 is 8.81 Å². The standard InChI is InChI=1S/C18H13ClFN5OS/c1-25-10-21-24-18(25)27-9-11-5-7-12(8-6-11)16-22-23-17(26-16)15-13(19)3-2-4-14(15)20/h2-8,10H,9H2,1H3. The maximum Gasteiger partial charge on any atom is 0.252 e. The zero-order valence-electron chi connectivity index (χ0n) is 14.1. The molecule has 0 saturated heterocycles. The number of aromatic nitrogens is 5. The summed E-state index contributed by atoms with van der Waals surface area (Å²) < 4.78 is 21.5. The van der Waals surface area contributed by atoms with Crippen LogP contribution < -0.4 is 0 Å². The van der Waals surface area contributed by atoms with Crippen LogP contribution in [0.5, 0.6) is 0 Å². The van der Waals surface area contributed by atoms with Crippen molar-refractivity contribution >= 4 is 23.4 Å². The van der Waals surface area contributed by atoms with Gasteiger partial charge in [-0.15, -0.1) is 20.4 Å². The van der Waals surface area contributed by atoms with Crippen molar-refractivity contribution in [1.29, 1.82) is 0 Å². The lowest BCUT2D eigenvalue weighted by atomic mass is 10.1. The molecule has 0 amide bonds. The van der Waals surface area contributed by atoms with Gasteiger partial charge in [-0.2, -0.15) is 0 Å². The van der Waals surface area contributed by atoms with Crippen molar-refractivity contribution in [1.82, 2.24) is 25.0 Å². The third-order valence-electron chi connectivity index (χ3n) is 3.84. The molecule has 0 bridgehead atoms. The van der Waals surface area contributed by atoms with Gasteiger partial charge in [0.15, 0.2) is 5.16 Å². The Labute approximate surface area is 163 Å². The molecule has 2 aromatic carbocycles. The monoisotopic (exact) mass is 401 g/mol. The molecule has 0 saturated carbocycles. The number of nitrogens with zero attached hydrogens (tertiary/aromatic N) is 5. The van der Waals surface area contributed by atoms with E-state index in [2.05, 4.69) is 20.4 Å². The Morgan fingerprint density at radius 1 is 1.07 bits per heavy atom. The van der Waals surface area contributed by atoms with E-state index in [4.69, 9.17) is 16.0 Å². The van der Waals surface area contributed by atoms with Crippen LogP contribution in [0.15, 0.2) is 58.4 Å². The molecule has 4 rings (SSSR count). The molecule has 136 valence electrons. The molecule has 0 radical (unpaired) electrons. The molecule has 0 atom stereocenters. The lowest BCUT2D eigenvalue weighted by molar-refractivity contribution is 0.571. The Bertz CT molecular complexity index is 1060. The highest BCUT2D eigenvalue weighted by Gasteiger charge is 2.17. The first kappa shape index (κ1) is 17.7. The molecule has 0 N–H and O–H groups in total. The Morgan fingerprint density at radius 2 is 1.85 bits per heavy atom. The van der Waals surface area contributed by atoms with Crippen molar-refractivity contribution in [3.63, 3.8) is 0 Å². The predicted octanol–water partition coefficient (Wildman–Crippen LogP) is 4.62. The van der Waals surface area contributed by atoms with Gasteiger partial charge in [-0.1, -0.05) is 41.6 Å². The molecule has 4 aromatic rings. The SMILES string of the molecule is Cn1cnnc1SCc1ccc(-c2nnc(-c3c(F)cccc3Cl)o2)cc1. The van der Waals surface area contributed by atoms with E-state index >= 15 is 0 Å². The second-order valence-electron chi connectivity index (χ2n) is 5.72. The molecule has 6 nitrogen and oxygen atoms in total. The minimum atomic E-state index is -0.506. The van der Waals surface area contributed by atoms with Crippen LogP contribution in [0.4, 0.5) is 4.39 Å². The molecular formula is C18H13ClFN5OS. The quantitative estimate of drug-likeness (QED) is 0.454. The van der Waals surface area contributed by atoms with Crippen molar-refractivity contribution in [3.8, 4) is 22.9 Å². The zero-order valence-corrected chi connectivity index (χ0v) is 15.7. The Hall–Kier alpha value is -2.71. The maximum absolute atomic E-state index is 14.0. The summed E-state index contributed by atoms with van der Waals surface area (Å²) in [6, 6.07) is 12.1. The first-order valence-electron chi connectivity index (χ1n) is 7.96. The van der Waals surface area contributed by atoms with E-state index in [1.165, 1.54) is 12.1 Å². The van der Waals surface area contributed by atoms with E-state index in [-0.39, 0.29) is 16.5 Å². The fourth-order valence-electron chi connectivity index (χ4n) is 2.44. The van der Waals surface area contributed by atoms with Crippen molar-refractivity contribution in [2.75, 3.05) is 0 Å². The van der Waals surface area contributed by atoms with Gasteiger partial charge in [0.05, 0.1) is 10.6 Å². The van der Waals surface area contributed by atoms with Crippen LogP contribution in [0, 0.1) is 5.82 Å². The maximum atomic E-state index is 14.0. The van der Waals surface area contributed by atoms with Crippen LogP contribution >= 0.6 is 23.4 Å². The predicted molar refractivity (Wildman–Crippen MR) is 101 cm³/mol. The minimum Gasteiger partial charge on any atom is -0.416 e. The molecule has 0 aliphatic carbocycles. The highest BCUT2D eigenvalue weighted by atomic mass is 35.5. The van der Waals surface area contributed by atoms with E-state index in [9.17, 15) is 4.39 Å². The number of benzene rings is 2. The summed E-state index contributed by atoms with van der Waals surface area (Å²) >= 11 is 7.64. The van der Waals surface area contributed by atoms with Crippen molar-refractivity contribution in [2.24, 2.45) is 7.05 Å². The zero-order chi connectivity index (χ0) is 18.8. The lowest BCUT2D eigenvalue weighted by Gasteiger charge is -2.02. The fourth-order valence-corrected chi connectivity index (χ4v) is 3.53. The van der Waals surface area contributed by atoms with Crippen LogP contribution in [0.2, 0.25) is 5.02 Å². The summed E-state index contributed by atoms with van der Waals surface area (Å²) in [6.07, 6.45) is 1.67. The van der Waals surface area contributed by atoms with Crippen LogP contribution in [0.25, 0.3) is 22.9 Å². The van der Waals surface area contributed by atoms with E-state index in [0.717, 1.165) is 22.0 Å². The molecule has 0 spiro atoms. The van der Waals surface area contributed by atoms with Crippen LogP contribution in [0.1, 0.15) is 5.56 Å². The van der Waals surface area contributed by atoms with E-state index < -0.39 is 5.82 Å². The van der Waals surface area contributed by atoms with Crippen molar-refractivity contribution in [3.05, 3.63) is 65.2 Å². The summed E-state index contributed by atoms with van der Waals surface area (Å²) in [5.41, 5.74) is 1.96. The number of thioether (sulfide) groups is 1. The molecule has 0 aliphatic rings. The Kier molecular flexibility index (Phi) is 4.91. The summed E-state index contributed by atoms with van der Waals surface area (Å²) in [7, 11) is 1.90. The van der Waals surface area contributed by atoms with Gasteiger partial charge in [0.1, 0.15) is 12.1 Å². The normalized spacial score (nSPS) is 11.1. The summed E-state index contributed by atoms with van der Waals surface area (Å²) in [5.74, 6) is 0.605. The fraction of sp³-hybridized carbons (Fsp3) is 0.111. The third-order valence-corrected chi connectivity index (χ3v) is 5.26. The molecule has 0 unspecified atom stereocenters. The number of halogens is 2. The number of hydrogen-bond donors (Lipinski definition) is 0. The lowest BCUT2D eigenvalue weighted by Crippen LogP contribution is -1.90. The van der Waals surface area contributed by atoms with Gasteiger partial charge in [-0.05, 0) is 29.8 Å². The average molecular weight is 402 g/mol. The van der Waals surface area contributed by atoms with Gasteiger partial charge in [0.2, 0.25) is 5.89 Å². The van der Waals surface area contributed by atoms with Crippen molar-refractivity contribution in [2.45, 2.75) is 10.9 Å². The van der Waals surface area contributed by atoms with E-state index in [0.29, 0.717) is 5.89 Å². The highest BCUT2D eigenvalue weighted by Crippen LogP contribution is 2.31. The van der Waals surface area contributed by atoms with Gasteiger partial charge in [0, 0.05) is 18.4 Å². The molecule has 2 aromatic heterocycles. The number of aryl methyl sites for hydroxylation is 1. The second kappa shape index (κ2) is 7.50. The Balaban J connectivity index is 1.51. The largest absolute Gasteiger partial charge is 0.416 e. The molecule has 2 heterocycles. The minimum absolute atomic E-state index is 0.0509. The molecule has 0 aliphatic heterocycles. The van der Waals surface area contributed by atoms with Gasteiger partial charge in [0.25, 0.3) is 5.89 Å². The van der Waals surface area contributed by atoms with Gasteiger partial charge in [-0.25, -0.2) is 4.39 Å². The van der Waals surface area contributed by atoms with E-state index in [1.807, 2.05) is 35.9 Å². The van der Waals surface area contributed by atoms with Gasteiger partial charge >= 0.3 is 0 Å². The third kappa shape index (κ3) is 3.72. The van der Waals surface area contributed by atoms with Gasteiger partial charge < -0.3 is 8.98 Å². The van der Waals surface area contributed by atoms with E-state index in [1.54, 1.807) is 24.2 Å². The van der Waals surface area contributed by atoms with Gasteiger partial charge in [-0.3, -0.25) is 0 Å². The van der Waals surface area contributed by atoms with Crippen LogP contribution in [-0.2, 0) is 12.8 Å². The smallest absolute Gasteiger partial charge is 0.252 e. The Morgan fingerprint density at radius 3 is 2.56 bits per heavy atom. The summed E-state index contributed by atoms with van der Waals surface area (Å²) in [6.45, 7) is 0.